The summed E-state index contributed by atoms with van der Waals surface area (Å²) in [7, 11) is 0. The molecule has 0 bridgehead atoms. The summed E-state index contributed by atoms with van der Waals surface area (Å²) < 4.78 is 22.1. The Kier molecular flexibility index (Phi) is 32.2. The summed E-state index contributed by atoms with van der Waals surface area (Å²) in [6.07, 6.45) is 29.0. The number of hydrogen-bond acceptors (Lipinski definition) is 10. The highest BCUT2D eigenvalue weighted by atomic mass is 16.7. The summed E-state index contributed by atoms with van der Waals surface area (Å²) in [5.41, 5.74) is 0. The number of aliphatic hydroxyl groups excluding tert-OH is 4. The lowest BCUT2D eigenvalue weighted by atomic mass is 9.99. The molecule has 10 nitrogen and oxygen atoms in total. The van der Waals surface area contributed by atoms with E-state index in [1.165, 1.54) is 103 Å². The molecule has 0 aromatic rings. The minimum Gasteiger partial charge on any atom is -0.462 e. The van der Waals surface area contributed by atoms with Crippen LogP contribution >= 0.6 is 0 Å². The largest absolute Gasteiger partial charge is 0.462 e. The fourth-order valence-corrected chi connectivity index (χ4v) is 6.39. The Labute approximate surface area is 322 Å². The van der Waals surface area contributed by atoms with Gasteiger partial charge in [0, 0.05) is 12.8 Å². The number of aliphatic hydroxyl groups is 4. The third-order valence-corrected chi connectivity index (χ3v) is 9.84. The second-order valence-corrected chi connectivity index (χ2v) is 14.8. The van der Waals surface area contributed by atoms with Gasteiger partial charge in [0.05, 0.1) is 13.2 Å². The summed E-state index contributed by atoms with van der Waals surface area (Å²) in [6, 6.07) is 0. The summed E-state index contributed by atoms with van der Waals surface area (Å²) in [5.74, 6) is -0.840. The first-order valence-corrected chi connectivity index (χ1v) is 21.4. The van der Waals surface area contributed by atoms with E-state index < -0.39 is 49.4 Å². The minimum absolute atomic E-state index is 0.190. The molecule has 0 aliphatic carbocycles. The van der Waals surface area contributed by atoms with Crippen LogP contribution in [0, 0.1) is 0 Å². The van der Waals surface area contributed by atoms with Crippen LogP contribution in [0.15, 0.2) is 24.3 Å². The van der Waals surface area contributed by atoms with E-state index in [2.05, 4.69) is 38.2 Å². The van der Waals surface area contributed by atoms with Crippen LogP contribution in [-0.2, 0) is 28.5 Å². The van der Waals surface area contributed by atoms with Gasteiger partial charge in [-0.2, -0.15) is 0 Å². The third-order valence-electron chi connectivity index (χ3n) is 9.84. The van der Waals surface area contributed by atoms with Crippen LogP contribution in [0.4, 0.5) is 0 Å². The lowest BCUT2D eigenvalue weighted by Crippen LogP contribution is -2.59. The van der Waals surface area contributed by atoms with Crippen molar-refractivity contribution in [3.8, 4) is 0 Å². The van der Waals surface area contributed by atoms with Gasteiger partial charge in [0.2, 0.25) is 0 Å². The van der Waals surface area contributed by atoms with Crippen LogP contribution < -0.4 is 0 Å². The second-order valence-electron chi connectivity index (χ2n) is 14.8. The van der Waals surface area contributed by atoms with E-state index in [9.17, 15) is 30.0 Å². The first-order chi connectivity index (χ1) is 25.8. The zero-order valence-electron chi connectivity index (χ0n) is 33.5. The third kappa shape index (κ3) is 26.6. The molecular weight excluding hydrogens is 676 g/mol. The van der Waals surface area contributed by atoms with Crippen LogP contribution in [0.3, 0.4) is 0 Å². The van der Waals surface area contributed by atoms with Gasteiger partial charge in [-0.05, 0) is 44.9 Å². The van der Waals surface area contributed by atoms with Gasteiger partial charge in [-0.3, -0.25) is 9.59 Å². The highest BCUT2D eigenvalue weighted by Crippen LogP contribution is 2.22. The highest BCUT2D eigenvalue weighted by molar-refractivity contribution is 5.70. The molecule has 0 aromatic heterocycles. The molecule has 0 radical (unpaired) electrons. The predicted octanol–water partition coefficient (Wildman–Crippen LogP) is 8.55. The molecule has 310 valence electrons. The Morgan fingerprint density at radius 1 is 0.585 bits per heavy atom. The smallest absolute Gasteiger partial charge is 0.306 e. The Balaban J connectivity index is 2.38. The van der Waals surface area contributed by atoms with Crippen LogP contribution in [-0.4, -0.2) is 89.0 Å². The van der Waals surface area contributed by atoms with Crippen molar-refractivity contribution < 1.29 is 49.0 Å². The fraction of sp³-hybridized carbons (Fsp3) is 0.860. The van der Waals surface area contributed by atoms with Crippen molar-refractivity contribution in [3.05, 3.63) is 24.3 Å². The molecular formula is C43H78O10. The maximum Gasteiger partial charge on any atom is 0.306 e. The van der Waals surface area contributed by atoms with Gasteiger partial charge < -0.3 is 39.4 Å². The predicted molar refractivity (Wildman–Crippen MR) is 210 cm³/mol. The molecule has 6 atom stereocenters. The molecule has 10 heteroatoms. The Bertz CT molecular complexity index is 923. The number of esters is 2. The van der Waals surface area contributed by atoms with E-state index in [-0.39, 0.29) is 32.0 Å². The van der Waals surface area contributed by atoms with Crippen LogP contribution in [0.25, 0.3) is 0 Å². The maximum absolute atomic E-state index is 12.7. The monoisotopic (exact) mass is 755 g/mol. The van der Waals surface area contributed by atoms with Gasteiger partial charge in [-0.1, -0.05) is 147 Å². The van der Waals surface area contributed by atoms with Crippen molar-refractivity contribution in [2.75, 3.05) is 19.8 Å². The van der Waals surface area contributed by atoms with E-state index in [4.69, 9.17) is 18.9 Å². The highest BCUT2D eigenvalue weighted by Gasteiger charge is 2.44. The summed E-state index contributed by atoms with van der Waals surface area (Å²) in [4.78, 5) is 25.2. The molecule has 1 aliphatic heterocycles. The van der Waals surface area contributed by atoms with Crippen molar-refractivity contribution in [1.29, 1.82) is 0 Å². The molecule has 0 spiro atoms. The van der Waals surface area contributed by atoms with Gasteiger partial charge in [-0.15, -0.1) is 0 Å². The van der Waals surface area contributed by atoms with Gasteiger partial charge in [0.15, 0.2) is 12.4 Å². The Morgan fingerprint density at radius 3 is 1.60 bits per heavy atom. The Hall–Kier alpha value is -1.82. The van der Waals surface area contributed by atoms with Crippen LogP contribution in [0.5, 0.6) is 0 Å². The number of hydrogen-bond donors (Lipinski definition) is 4. The molecule has 0 aromatic carbocycles. The standard InChI is InChI=1S/C43H78O10/c1-3-5-7-9-11-13-15-17-18-20-22-24-26-28-30-32-39(46)52-36(35-51-43-42(49)41(48)40(47)37(33-44)53-43)34-50-38(45)31-29-27-25-23-21-19-16-14-12-10-8-6-4-2/h17-18,22,24,36-37,40-44,47-49H,3-16,19-21,23,25-35H2,1-2H3/b18-17+,24-22+/t36-,37-,40+,41?,42?,43-/m1/s1. The average molecular weight is 755 g/mol. The molecule has 4 N–H and O–H groups in total. The second kappa shape index (κ2) is 34.7. The van der Waals surface area contributed by atoms with E-state index >= 15 is 0 Å². The topological polar surface area (TPSA) is 152 Å². The van der Waals surface area contributed by atoms with Gasteiger partial charge in [0.25, 0.3) is 0 Å². The number of unbranched alkanes of at least 4 members (excludes halogenated alkanes) is 20. The summed E-state index contributed by atoms with van der Waals surface area (Å²) >= 11 is 0. The first kappa shape index (κ1) is 49.2. The van der Waals surface area contributed by atoms with Crippen LogP contribution in [0.2, 0.25) is 0 Å². The van der Waals surface area contributed by atoms with Gasteiger partial charge in [-0.25, -0.2) is 0 Å². The summed E-state index contributed by atoms with van der Waals surface area (Å²) in [5, 5.41) is 40.0. The average Bonchev–Trinajstić information content (AvgIpc) is 3.15. The molecule has 1 rings (SSSR count). The molecule has 0 saturated carbocycles. The molecule has 0 amide bonds. The lowest BCUT2D eigenvalue weighted by Gasteiger charge is -2.39. The molecule has 2 unspecified atom stereocenters. The van der Waals surface area contributed by atoms with E-state index in [0.717, 1.165) is 44.9 Å². The van der Waals surface area contributed by atoms with Gasteiger partial charge >= 0.3 is 11.9 Å². The molecule has 1 heterocycles. The molecule has 1 fully saturated rings. The number of ether oxygens (including phenoxy) is 4. The quantitative estimate of drug-likeness (QED) is 0.0281. The van der Waals surface area contributed by atoms with Gasteiger partial charge in [0.1, 0.15) is 31.0 Å². The van der Waals surface area contributed by atoms with E-state index in [1.807, 2.05) is 0 Å². The number of carbonyl (C=O) groups excluding carboxylic acids is 2. The minimum atomic E-state index is -1.60. The molecule has 1 saturated heterocycles. The number of carbonyl (C=O) groups is 2. The zero-order valence-corrected chi connectivity index (χ0v) is 33.5. The summed E-state index contributed by atoms with van der Waals surface area (Å²) in [6.45, 7) is 3.38. The van der Waals surface area contributed by atoms with Crippen molar-refractivity contribution in [3.63, 3.8) is 0 Å². The van der Waals surface area contributed by atoms with Crippen molar-refractivity contribution in [1.82, 2.24) is 0 Å². The SMILES string of the molecule is CCCCCCCC/C=C/C/C=C/CCCCC(=O)O[C@H](COC(=O)CCCCCCCCCCCCCCC)CO[C@@H]1O[C@H](CO)[C@H](O)C(O)C1O. The first-order valence-electron chi connectivity index (χ1n) is 21.4. The van der Waals surface area contributed by atoms with Crippen molar-refractivity contribution >= 4 is 11.9 Å². The van der Waals surface area contributed by atoms with E-state index in [1.54, 1.807) is 0 Å². The molecule has 53 heavy (non-hydrogen) atoms. The normalized spacial score (nSPS) is 21.1. The van der Waals surface area contributed by atoms with E-state index in [0.29, 0.717) is 6.42 Å². The number of allylic oxidation sites excluding steroid dienone is 4. The maximum atomic E-state index is 12.7. The van der Waals surface area contributed by atoms with Crippen molar-refractivity contribution in [2.45, 2.75) is 218 Å². The zero-order chi connectivity index (χ0) is 38.8. The van der Waals surface area contributed by atoms with Crippen molar-refractivity contribution in [2.24, 2.45) is 0 Å². The fourth-order valence-electron chi connectivity index (χ4n) is 6.39. The lowest BCUT2D eigenvalue weighted by molar-refractivity contribution is -0.305. The molecule has 1 aliphatic rings. The number of rotatable bonds is 35. The van der Waals surface area contributed by atoms with Crippen LogP contribution in [0.1, 0.15) is 181 Å². The Morgan fingerprint density at radius 2 is 1.06 bits per heavy atom.